The van der Waals surface area contributed by atoms with Crippen molar-refractivity contribution in [2.24, 2.45) is 7.05 Å². The van der Waals surface area contributed by atoms with Gasteiger partial charge in [0.05, 0.1) is 17.9 Å². The first kappa shape index (κ1) is 27.6. The van der Waals surface area contributed by atoms with Crippen molar-refractivity contribution in [3.8, 4) is 27.6 Å². The third-order valence-corrected chi connectivity index (χ3v) is 8.57. The molecule has 0 bridgehead atoms. The molecule has 0 unspecified atom stereocenters. The van der Waals surface area contributed by atoms with Crippen molar-refractivity contribution in [2.75, 3.05) is 24.6 Å². The number of fused-ring (bicyclic) bond motifs is 2. The van der Waals surface area contributed by atoms with Crippen LogP contribution < -0.4 is 9.64 Å². The van der Waals surface area contributed by atoms with Crippen LogP contribution in [0.2, 0.25) is 0 Å². The Bertz CT molecular complexity index is 1680. The summed E-state index contributed by atoms with van der Waals surface area (Å²) in [5.41, 5.74) is 4.48. The van der Waals surface area contributed by atoms with Gasteiger partial charge in [-0.3, -0.25) is 0 Å². The van der Waals surface area contributed by atoms with E-state index < -0.39 is 23.5 Å². The number of ether oxygens (including phenoxy) is 2. The van der Waals surface area contributed by atoms with Gasteiger partial charge in [0.1, 0.15) is 5.65 Å². The lowest BCUT2D eigenvalue weighted by Crippen LogP contribution is -2.37. The molecule has 6 rings (SSSR count). The lowest BCUT2D eigenvalue weighted by atomic mass is 9.86. The van der Waals surface area contributed by atoms with E-state index in [0.717, 1.165) is 47.8 Å². The number of rotatable bonds is 6. The maximum absolute atomic E-state index is 15.6. The maximum Gasteiger partial charge on any atom is 0.337 e. The van der Waals surface area contributed by atoms with E-state index in [2.05, 4.69) is 9.27 Å². The summed E-state index contributed by atoms with van der Waals surface area (Å²) in [6.45, 7) is 11.5. The number of aryl methyl sites for hydroxylation is 2. The number of carboxylic acid groups (broad SMARTS) is 1. The topological polar surface area (TPSA) is 103 Å². The number of aromatic nitrogens is 4. The first-order valence-corrected chi connectivity index (χ1v) is 14.7. The van der Waals surface area contributed by atoms with Crippen LogP contribution in [0.4, 0.5) is 10.3 Å². The van der Waals surface area contributed by atoms with E-state index in [1.807, 2.05) is 45.4 Å². The van der Waals surface area contributed by atoms with E-state index in [1.165, 1.54) is 17.6 Å². The number of benzene rings is 1. The monoisotopic (exact) mass is 579 g/mol. The highest BCUT2D eigenvalue weighted by Gasteiger charge is 2.35. The predicted octanol–water partition coefficient (Wildman–Crippen LogP) is 5.99. The Labute approximate surface area is 242 Å². The number of hydrogen-bond donors (Lipinski definition) is 1. The van der Waals surface area contributed by atoms with E-state index in [-0.39, 0.29) is 5.75 Å². The second-order valence-electron chi connectivity index (χ2n) is 11.8. The maximum atomic E-state index is 15.6. The molecule has 1 atom stereocenters. The summed E-state index contributed by atoms with van der Waals surface area (Å²) in [6, 6.07) is 3.43. The van der Waals surface area contributed by atoms with Crippen LogP contribution in [0.15, 0.2) is 12.1 Å². The van der Waals surface area contributed by atoms with Gasteiger partial charge in [0.15, 0.2) is 22.7 Å². The number of halogens is 1. The number of hydrogen-bond acceptors (Lipinski definition) is 8. The average Bonchev–Trinajstić information content (AvgIpc) is 3.47. The first-order valence-electron chi connectivity index (χ1n) is 13.9. The summed E-state index contributed by atoms with van der Waals surface area (Å²) in [5, 5.41) is 11.9. The van der Waals surface area contributed by atoms with Gasteiger partial charge in [0.2, 0.25) is 5.95 Å². The molecular formula is C30H34FN5O4S. The minimum Gasteiger partial charge on any atom is -0.490 e. The number of anilines is 1. The van der Waals surface area contributed by atoms with Gasteiger partial charge in [-0.1, -0.05) is 0 Å². The molecule has 0 saturated carbocycles. The van der Waals surface area contributed by atoms with Gasteiger partial charge in [-0.2, -0.15) is 9.36 Å². The highest BCUT2D eigenvalue weighted by atomic mass is 32.1. The number of aliphatic carboxylic acids is 1. The molecule has 11 heteroatoms. The number of carboxylic acids is 1. The SMILES string of the molecule is Cc1nc2c(cc(-c3nc(N4CCC4)ns3)n2C)c(-c2cc(F)c3c(c2C)CCCO3)c1[C@H](OC(C)(C)C)C(=O)O. The molecule has 9 nitrogen and oxygen atoms in total. The second-order valence-corrected chi connectivity index (χ2v) is 12.5. The molecule has 0 spiro atoms. The Hall–Kier alpha value is -3.57. The summed E-state index contributed by atoms with van der Waals surface area (Å²) < 4.78 is 34.0. The molecule has 2 aliphatic rings. The molecule has 4 aromatic rings. The minimum absolute atomic E-state index is 0.280. The van der Waals surface area contributed by atoms with E-state index in [1.54, 1.807) is 6.92 Å². The quantitative estimate of drug-likeness (QED) is 0.297. The molecule has 2 aliphatic heterocycles. The Balaban J connectivity index is 1.65. The lowest BCUT2D eigenvalue weighted by molar-refractivity contribution is -0.160. The van der Waals surface area contributed by atoms with Crippen molar-refractivity contribution in [1.82, 2.24) is 18.9 Å². The minimum atomic E-state index is -1.32. The fraction of sp³-hybridized carbons (Fsp3) is 0.467. The van der Waals surface area contributed by atoms with Crippen LogP contribution in [0.25, 0.3) is 32.9 Å². The van der Waals surface area contributed by atoms with E-state index in [4.69, 9.17) is 19.4 Å². The average molecular weight is 580 g/mol. The molecule has 1 N–H and O–H groups in total. The highest BCUT2D eigenvalue weighted by molar-refractivity contribution is 7.09. The number of nitrogens with zero attached hydrogens (tertiary/aromatic N) is 5. The Morgan fingerprint density at radius 2 is 1.95 bits per heavy atom. The molecule has 5 heterocycles. The van der Waals surface area contributed by atoms with Crippen LogP contribution >= 0.6 is 11.5 Å². The van der Waals surface area contributed by atoms with Crippen molar-refractivity contribution < 1.29 is 23.8 Å². The van der Waals surface area contributed by atoms with E-state index >= 15 is 4.39 Å². The van der Waals surface area contributed by atoms with Crippen molar-refractivity contribution in [3.05, 3.63) is 40.3 Å². The van der Waals surface area contributed by atoms with E-state index in [0.29, 0.717) is 52.4 Å². The first-order chi connectivity index (χ1) is 19.4. The van der Waals surface area contributed by atoms with Gasteiger partial charge < -0.3 is 24.0 Å². The highest BCUT2D eigenvalue weighted by Crippen LogP contribution is 2.45. The van der Waals surface area contributed by atoms with Crippen molar-refractivity contribution in [1.29, 1.82) is 0 Å². The van der Waals surface area contributed by atoms with Crippen LogP contribution in [0.3, 0.4) is 0 Å². The molecule has 0 aliphatic carbocycles. The molecule has 41 heavy (non-hydrogen) atoms. The Morgan fingerprint density at radius 1 is 1.20 bits per heavy atom. The Kier molecular flexibility index (Phi) is 6.77. The Morgan fingerprint density at radius 3 is 2.61 bits per heavy atom. The van der Waals surface area contributed by atoms with Gasteiger partial charge in [-0.05, 0) is 88.7 Å². The fourth-order valence-electron chi connectivity index (χ4n) is 5.74. The largest absolute Gasteiger partial charge is 0.490 e. The molecule has 3 aromatic heterocycles. The normalized spacial score (nSPS) is 15.9. The van der Waals surface area contributed by atoms with Gasteiger partial charge in [-0.15, -0.1) is 0 Å². The summed E-state index contributed by atoms with van der Waals surface area (Å²) in [4.78, 5) is 24.6. The zero-order chi connectivity index (χ0) is 29.2. The van der Waals surface area contributed by atoms with Gasteiger partial charge in [-0.25, -0.2) is 14.2 Å². The third-order valence-electron chi connectivity index (χ3n) is 7.84. The van der Waals surface area contributed by atoms with Gasteiger partial charge >= 0.3 is 5.97 Å². The van der Waals surface area contributed by atoms with Crippen LogP contribution in [-0.2, 0) is 23.0 Å². The second kappa shape index (κ2) is 10.1. The van der Waals surface area contributed by atoms with E-state index in [9.17, 15) is 9.90 Å². The van der Waals surface area contributed by atoms with Crippen LogP contribution in [0.1, 0.15) is 62.1 Å². The predicted molar refractivity (Wildman–Crippen MR) is 156 cm³/mol. The molecule has 1 fully saturated rings. The molecule has 0 amide bonds. The van der Waals surface area contributed by atoms with Gasteiger partial charge in [0, 0.05) is 47.9 Å². The van der Waals surface area contributed by atoms with Crippen molar-refractivity contribution in [2.45, 2.75) is 65.6 Å². The fourth-order valence-corrected chi connectivity index (χ4v) is 6.48. The summed E-state index contributed by atoms with van der Waals surface area (Å²) >= 11 is 1.32. The smallest absolute Gasteiger partial charge is 0.337 e. The molecule has 1 saturated heterocycles. The van der Waals surface area contributed by atoms with Crippen LogP contribution in [-0.4, -0.2) is 55.3 Å². The zero-order valence-corrected chi connectivity index (χ0v) is 25.0. The third kappa shape index (κ3) is 4.74. The standard InChI is InChI=1S/C30H34FN5O4S/c1-15-17-9-7-12-39-24(17)20(31)13-18(15)23-19-14-21(27-33-29(34-41-27)36-10-8-11-36)35(6)26(19)32-16(2)22(23)25(28(37)38)40-30(3,4)5/h13-14,25H,7-12H2,1-6H3,(H,37,38)/t25-/m0/s1. The summed E-state index contributed by atoms with van der Waals surface area (Å²) in [5.74, 6) is -0.604. The van der Waals surface area contributed by atoms with Crippen molar-refractivity contribution >= 4 is 34.5 Å². The molecule has 0 radical (unpaired) electrons. The zero-order valence-electron chi connectivity index (χ0n) is 24.2. The summed E-state index contributed by atoms with van der Waals surface area (Å²) in [6.07, 6.45) is 1.27. The number of pyridine rings is 1. The van der Waals surface area contributed by atoms with Crippen LogP contribution in [0, 0.1) is 19.7 Å². The molecular weight excluding hydrogens is 545 g/mol. The van der Waals surface area contributed by atoms with Gasteiger partial charge in [0.25, 0.3) is 0 Å². The molecule has 1 aromatic carbocycles. The molecule has 216 valence electrons. The summed E-state index contributed by atoms with van der Waals surface area (Å²) in [7, 11) is 1.91. The van der Waals surface area contributed by atoms with Crippen LogP contribution in [0.5, 0.6) is 5.75 Å². The van der Waals surface area contributed by atoms with Crippen molar-refractivity contribution in [3.63, 3.8) is 0 Å². The lowest BCUT2D eigenvalue weighted by Gasteiger charge is -2.29. The number of carbonyl (C=O) groups is 1.